The van der Waals surface area contributed by atoms with Gasteiger partial charge in [-0.2, -0.15) is 0 Å². The van der Waals surface area contributed by atoms with Gasteiger partial charge < -0.3 is 14.8 Å². The Morgan fingerprint density at radius 1 is 1.17 bits per heavy atom. The summed E-state index contributed by atoms with van der Waals surface area (Å²) in [6.07, 6.45) is 13.8. The maximum atomic E-state index is 12.5. The summed E-state index contributed by atoms with van der Waals surface area (Å²) in [4.78, 5) is 19.2. The maximum absolute atomic E-state index is 12.5. The molecule has 2 heterocycles. The van der Waals surface area contributed by atoms with E-state index in [0.717, 1.165) is 51.2 Å². The largest absolute Gasteiger partial charge is 0.335 e. The van der Waals surface area contributed by atoms with Crippen molar-refractivity contribution < 1.29 is 4.79 Å². The van der Waals surface area contributed by atoms with E-state index >= 15 is 0 Å². The van der Waals surface area contributed by atoms with E-state index in [2.05, 4.69) is 21.1 Å². The molecule has 2 amide bonds. The minimum atomic E-state index is 0.141. The number of piperidine rings is 1. The van der Waals surface area contributed by atoms with Crippen molar-refractivity contribution in [3.63, 3.8) is 0 Å². The quantitative estimate of drug-likeness (QED) is 0.928. The van der Waals surface area contributed by atoms with Gasteiger partial charge in [-0.25, -0.2) is 9.78 Å². The number of rotatable bonds is 4. The van der Waals surface area contributed by atoms with Crippen LogP contribution in [0.3, 0.4) is 0 Å². The molecule has 4 rings (SSSR count). The van der Waals surface area contributed by atoms with Crippen LogP contribution in [0, 0.1) is 5.92 Å². The van der Waals surface area contributed by atoms with Crippen molar-refractivity contribution in [2.45, 2.75) is 69.9 Å². The predicted octanol–water partition coefficient (Wildman–Crippen LogP) is 3.12. The third-order valence-corrected chi connectivity index (χ3v) is 5.66. The average molecular weight is 316 g/mol. The lowest BCUT2D eigenvalue weighted by molar-refractivity contribution is 0.174. The van der Waals surface area contributed by atoms with Gasteiger partial charge in [0.15, 0.2) is 0 Å². The van der Waals surface area contributed by atoms with Crippen LogP contribution in [0.15, 0.2) is 12.4 Å². The minimum absolute atomic E-state index is 0.141. The Hall–Kier alpha value is -1.52. The normalized spacial score (nSPS) is 25.7. The van der Waals surface area contributed by atoms with Gasteiger partial charge >= 0.3 is 6.03 Å². The first-order valence-corrected chi connectivity index (χ1v) is 9.36. The molecule has 1 saturated heterocycles. The van der Waals surface area contributed by atoms with E-state index in [1.807, 2.05) is 11.1 Å². The second kappa shape index (κ2) is 6.54. The number of imidazole rings is 1. The molecule has 2 saturated carbocycles. The lowest BCUT2D eigenvalue weighted by atomic mass is 9.97. The van der Waals surface area contributed by atoms with Crippen LogP contribution in [0.5, 0.6) is 0 Å². The smallest absolute Gasteiger partial charge is 0.317 e. The van der Waals surface area contributed by atoms with Gasteiger partial charge in [0.2, 0.25) is 0 Å². The number of urea groups is 1. The van der Waals surface area contributed by atoms with Crippen molar-refractivity contribution in [3.05, 3.63) is 18.2 Å². The number of nitrogens with one attached hydrogen (secondary N) is 1. The summed E-state index contributed by atoms with van der Waals surface area (Å²) >= 11 is 0. The fourth-order valence-electron chi connectivity index (χ4n) is 4.12. The Balaban J connectivity index is 1.38. The van der Waals surface area contributed by atoms with Crippen molar-refractivity contribution in [1.82, 2.24) is 19.8 Å². The predicted molar refractivity (Wildman–Crippen MR) is 89.3 cm³/mol. The molecule has 126 valence electrons. The van der Waals surface area contributed by atoms with E-state index in [1.165, 1.54) is 31.5 Å². The molecule has 1 atom stereocenters. The van der Waals surface area contributed by atoms with E-state index in [0.29, 0.717) is 12.0 Å². The Morgan fingerprint density at radius 3 is 2.78 bits per heavy atom. The van der Waals surface area contributed by atoms with Gasteiger partial charge in [0, 0.05) is 44.0 Å². The standard InChI is InChI=1S/C18H28N4O/c23-18(20-16-5-1-2-6-16)22-10-3-4-15(13-22)17-19-9-11-21(17)12-14-7-8-14/h9,11,14-16H,1-8,10,12-13H2,(H,20,23). The molecule has 0 spiro atoms. The van der Waals surface area contributed by atoms with Crippen molar-refractivity contribution >= 4 is 6.03 Å². The van der Waals surface area contributed by atoms with Crippen LogP contribution in [0.2, 0.25) is 0 Å². The highest BCUT2D eigenvalue weighted by atomic mass is 16.2. The van der Waals surface area contributed by atoms with Crippen molar-refractivity contribution in [2.24, 2.45) is 5.92 Å². The van der Waals surface area contributed by atoms with E-state index in [9.17, 15) is 4.79 Å². The molecular formula is C18H28N4O. The monoisotopic (exact) mass is 316 g/mol. The highest BCUT2D eigenvalue weighted by Gasteiger charge is 2.30. The molecule has 1 aromatic rings. The Morgan fingerprint density at radius 2 is 2.00 bits per heavy atom. The van der Waals surface area contributed by atoms with Crippen LogP contribution in [0.1, 0.15) is 63.1 Å². The summed E-state index contributed by atoms with van der Waals surface area (Å²) in [6.45, 7) is 2.82. The lowest BCUT2D eigenvalue weighted by Gasteiger charge is -2.33. The molecule has 1 aromatic heterocycles. The highest BCUT2D eigenvalue weighted by Crippen LogP contribution is 2.33. The third-order valence-electron chi connectivity index (χ3n) is 5.66. The highest BCUT2D eigenvalue weighted by molar-refractivity contribution is 5.74. The molecule has 1 unspecified atom stereocenters. The van der Waals surface area contributed by atoms with Gasteiger partial charge in [-0.3, -0.25) is 0 Å². The summed E-state index contributed by atoms with van der Waals surface area (Å²) < 4.78 is 2.33. The zero-order valence-corrected chi connectivity index (χ0v) is 13.9. The maximum Gasteiger partial charge on any atom is 0.317 e. The van der Waals surface area contributed by atoms with Crippen LogP contribution >= 0.6 is 0 Å². The van der Waals surface area contributed by atoms with Gasteiger partial charge in [-0.1, -0.05) is 12.8 Å². The van der Waals surface area contributed by atoms with Gasteiger partial charge in [0.05, 0.1) is 0 Å². The van der Waals surface area contributed by atoms with E-state index in [-0.39, 0.29) is 6.03 Å². The number of carbonyl (C=O) groups is 1. The number of carbonyl (C=O) groups excluding carboxylic acids is 1. The van der Waals surface area contributed by atoms with Gasteiger partial charge in [-0.05, 0) is 44.4 Å². The molecule has 23 heavy (non-hydrogen) atoms. The Labute approximate surface area is 138 Å². The molecule has 0 bridgehead atoms. The second-order valence-electron chi connectivity index (χ2n) is 7.60. The fourth-order valence-corrected chi connectivity index (χ4v) is 4.12. The molecule has 0 aromatic carbocycles. The minimum Gasteiger partial charge on any atom is -0.335 e. The third kappa shape index (κ3) is 3.54. The van der Waals surface area contributed by atoms with Gasteiger partial charge in [0.25, 0.3) is 0 Å². The Kier molecular flexibility index (Phi) is 4.27. The molecular weight excluding hydrogens is 288 g/mol. The number of amides is 2. The van der Waals surface area contributed by atoms with Crippen LogP contribution in [-0.4, -0.2) is 39.6 Å². The summed E-state index contributed by atoms with van der Waals surface area (Å²) in [5.74, 6) is 2.44. The fraction of sp³-hybridized carbons (Fsp3) is 0.778. The summed E-state index contributed by atoms with van der Waals surface area (Å²) in [5.41, 5.74) is 0. The van der Waals surface area contributed by atoms with Crippen LogP contribution in [0.4, 0.5) is 4.79 Å². The first kappa shape index (κ1) is 15.0. The van der Waals surface area contributed by atoms with Crippen molar-refractivity contribution in [3.8, 4) is 0 Å². The molecule has 3 fully saturated rings. The lowest BCUT2D eigenvalue weighted by Crippen LogP contribution is -2.47. The summed E-state index contributed by atoms with van der Waals surface area (Å²) in [6, 6.07) is 0.543. The SMILES string of the molecule is O=C(NC1CCCC1)N1CCCC(c2nccn2CC2CC2)C1. The number of hydrogen-bond donors (Lipinski definition) is 1. The van der Waals surface area contributed by atoms with E-state index in [4.69, 9.17) is 0 Å². The average Bonchev–Trinajstić information content (AvgIpc) is 3.03. The molecule has 2 aliphatic carbocycles. The number of aromatic nitrogens is 2. The first-order chi connectivity index (χ1) is 11.3. The van der Waals surface area contributed by atoms with Gasteiger partial charge in [-0.15, -0.1) is 0 Å². The summed E-state index contributed by atoms with van der Waals surface area (Å²) in [7, 11) is 0. The molecule has 1 N–H and O–H groups in total. The molecule has 0 radical (unpaired) electrons. The van der Waals surface area contributed by atoms with Crippen molar-refractivity contribution in [1.29, 1.82) is 0 Å². The molecule has 1 aliphatic heterocycles. The molecule has 5 heteroatoms. The van der Waals surface area contributed by atoms with Crippen LogP contribution < -0.4 is 5.32 Å². The molecule has 3 aliphatic rings. The van der Waals surface area contributed by atoms with E-state index < -0.39 is 0 Å². The first-order valence-electron chi connectivity index (χ1n) is 9.36. The number of hydrogen-bond acceptors (Lipinski definition) is 2. The second-order valence-corrected chi connectivity index (χ2v) is 7.60. The zero-order chi connectivity index (χ0) is 15.6. The summed E-state index contributed by atoms with van der Waals surface area (Å²) in [5, 5.41) is 3.23. The van der Waals surface area contributed by atoms with Crippen LogP contribution in [0.25, 0.3) is 0 Å². The van der Waals surface area contributed by atoms with E-state index in [1.54, 1.807) is 0 Å². The van der Waals surface area contributed by atoms with Gasteiger partial charge in [0.1, 0.15) is 5.82 Å². The zero-order valence-electron chi connectivity index (χ0n) is 13.9. The van der Waals surface area contributed by atoms with Crippen LogP contribution in [-0.2, 0) is 6.54 Å². The number of likely N-dealkylation sites (tertiary alicyclic amines) is 1. The van der Waals surface area contributed by atoms with Crippen molar-refractivity contribution in [2.75, 3.05) is 13.1 Å². The Bertz CT molecular complexity index is 545. The number of nitrogens with zero attached hydrogens (tertiary/aromatic N) is 3. The molecule has 5 nitrogen and oxygen atoms in total. The topological polar surface area (TPSA) is 50.2 Å².